The van der Waals surface area contributed by atoms with Gasteiger partial charge in [0.2, 0.25) is 12.7 Å². The number of carbonyl (C=O) groups is 2. The van der Waals surface area contributed by atoms with Gasteiger partial charge in [-0.15, -0.1) is 0 Å². The van der Waals surface area contributed by atoms with Gasteiger partial charge in [-0.25, -0.2) is 0 Å². The lowest BCUT2D eigenvalue weighted by Gasteiger charge is -2.25. The van der Waals surface area contributed by atoms with E-state index in [2.05, 4.69) is 0 Å². The number of carbonyl (C=O) groups excluding carboxylic acids is 2. The van der Waals surface area contributed by atoms with Gasteiger partial charge in [0.05, 0.1) is 6.04 Å². The maximum absolute atomic E-state index is 12.6. The molecule has 20 heavy (non-hydrogen) atoms. The monoisotopic (exact) mass is 277 g/mol. The van der Waals surface area contributed by atoms with Gasteiger partial charge in [0.25, 0.3) is 0 Å². The summed E-state index contributed by atoms with van der Waals surface area (Å²) in [6, 6.07) is 4.69. The molecule has 0 aromatic heterocycles. The number of hydrogen-bond donors (Lipinski definition) is 0. The van der Waals surface area contributed by atoms with E-state index in [4.69, 9.17) is 9.47 Å². The highest BCUT2D eigenvalue weighted by atomic mass is 16.7. The van der Waals surface area contributed by atoms with E-state index in [9.17, 15) is 9.59 Å². The van der Waals surface area contributed by atoms with Gasteiger partial charge in [-0.3, -0.25) is 9.59 Å². The quantitative estimate of drug-likeness (QED) is 0.775. The summed E-state index contributed by atoms with van der Waals surface area (Å²) in [5.74, 6) is 1.05. The summed E-state index contributed by atoms with van der Waals surface area (Å²) in [7, 11) is 1.66. The second-order valence-corrected chi connectivity index (χ2v) is 4.87. The van der Waals surface area contributed by atoms with E-state index < -0.39 is 6.04 Å². The molecule has 1 aliphatic rings. The van der Waals surface area contributed by atoms with Crippen molar-refractivity contribution in [3.05, 3.63) is 23.8 Å². The first kappa shape index (κ1) is 14.4. The van der Waals surface area contributed by atoms with E-state index in [1.54, 1.807) is 25.2 Å². The van der Waals surface area contributed by atoms with Crippen LogP contribution < -0.4 is 9.47 Å². The highest BCUT2D eigenvalue weighted by molar-refractivity contribution is 6.02. The van der Waals surface area contributed by atoms with Crippen LogP contribution in [-0.2, 0) is 4.79 Å². The number of fused-ring (bicyclic) bond motifs is 1. The number of likely N-dealkylation sites (N-methyl/N-ethyl adjacent to an activating group) is 1. The lowest BCUT2D eigenvalue weighted by atomic mass is 9.99. The number of Topliss-reactive ketones (excluding diaryl/α,β-unsaturated/α-hetero) is 1. The lowest BCUT2D eigenvalue weighted by Crippen LogP contribution is -2.41. The fourth-order valence-corrected chi connectivity index (χ4v) is 2.24. The van der Waals surface area contributed by atoms with Crippen molar-refractivity contribution in [2.75, 3.05) is 13.8 Å². The summed E-state index contributed by atoms with van der Waals surface area (Å²) in [4.78, 5) is 25.6. The average molecular weight is 277 g/mol. The van der Waals surface area contributed by atoms with Gasteiger partial charge in [-0.1, -0.05) is 13.3 Å². The van der Waals surface area contributed by atoms with E-state index in [0.29, 0.717) is 23.5 Å². The number of benzene rings is 1. The predicted octanol–water partition coefficient (Wildman–Crippen LogP) is 2.25. The summed E-state index contributed by atoms with van der Waals surface area (Å²) in [6.07, 6.45) is 1.47. The number of nitrogens with zero attached hydrogens (tertiary/aromatic N) is 1. The Hall–Kier alpha value is -2.04. The van der Waals surface area contributed by atoms with Gasteiger partial charge in [0.1, 0.15) is 0 Å². The largest absolute Gasteiger partial charge is 0.454 e. The molecule has 108 valence electrons. The first-order valence-corrected chi connectivity index (χ1v) is 6.71. The first-order chi connectivity index (χ1) is 9.54. The van der Waals surface area contributed by atoms with Gasteiger partial charge >= 0.3 is 0 Å². The lowest BCUT2D eigenvalue weighted by molar-refractivity contribution is -0.129. The van der Waals surface area contributed by atoms with E-state index in [0.717, 1.165) is 6.42 Å². The van der Waals surface area contributed by atoms with Crippen molar-refractivity contribution in [3.63, 3.8) is 0 Å². The van der Waals surface area contributed by atoms with Crippen molar-refractivity contribution in [1.29, 1.82) is 0 Å². The Kier molecular flexibility index (Phi) is 4.27. The van der Waals surface area contributed by atoms with Gasteiger partial charge in [0.15, 0.2) is 17.3 Å². The standard InChI is InChI=1S/C15H19NO4/c1-4-5-12(16(3)10(2)17)15(18)11-6-7-13-14(8-11)20-9-19-13/h6-8,12H,4-5,9H2,1-3H3. The Morgan fingerprint density at radius 1 is 1.30 bits per heavy atom. The second-order valence-electron chi connectivity index (χ2n) is 4.87. The summed E-state index contributed by atoms with van der Waals surface area (Å²) >= 11 is 0. The smallest absolute Gasteiger partial charge is 0.231 e. The Bertz CT molecular complexity index is 527. The van der Waals surface area contributed by atoms with Crippen molar-refractivity contribution in [2.24, 2.45) is 0 Å². The Balaban J connectivity index is 2.25. The molecular weight excluding hydrogens is 258 g/mol. The molecule has 1 amide bonds. The van der Waals surface area contributed by atoms with E-state index in [1.165, 1.54) is 11.8 Å². The molecular formula is C15H19NO4. The Morgan fingerprint density at radius 3 is 2.65 bits per heavy atom. The second kappa shape index (κ2) is 5.94. The van der Waals surface area contributed by atoms with Crippen molar-refractivity contribution in [3.8, 4) is 11.5 Å². The Morgan fingerprint density at radius 2 is 2.00 bits per heavy atom. The number of rotatable bonds is 5. The van der Waals surface area contributed by atoms with Crippen molar-refractivity contribution in [1.82, 2.24) is 4.90 Å². The fourth-order valence-electron chi connectivity index (χ4n) is 2.24. The van der Waals surface area contributed by atoms with Gasteiger partial charge in [0, 0.05) is 19.5 Å². The minimum Gasteiger partial charge on any atom is -0.454 e. The first-order valence-electron chi connectivity index (χ1n) is 6.71. The van der Waals surface area contributed by atoms with Crippen LogP contribution in [0.4, 0.5) is 0 Å². The number of amides is 1. The van der Waals surface area contributed by atoms with E-state index >= 15 is 0 Å². The Labute approximate surface area is 118 Å². The molecule has 0 bridgehead atoms. The molecule has 2 rings (SSSR count). The normalized spacial score (nSPS) is 13.9. The molecule has 5 nitrogen and oxygen atoms in total. The predicted molar refractivity (Wildman–Crippen MR) is 74.0 cm³/mol. The molecule has 1 atom stereocenters. The van der Waals surface area contributed by atoms with E-state index in [1.807, 2.05) is 6.92 Å². The molecule has 5 heteroatoms. The van der Waals surface area contributed by atoms with Gasteiger partial charge in [-0.2, -0.15) is 0 Å². The zero-order chi connectivity index (χ0) is 14.7. The van der Waals surface area contributed by atoms with Crippen molar-refractivity contribution < 1.29 is 19.1 Å². The molecule has 1 heterocycles. The van der Waals surface area contributed by atoms with Crippen LogP contribution in [0.3, 0.4) is 0 Å². The third-order valence-corrected chi connectivity index (χ3v) is 3.49. The number of ketones is 1. The zero-order valence-electron chi connectivity index (χ0n) is 12.0. The van der Waals surface area contributed by atoms with Gasteiger partial charge < -0.3 is 14.4 Å². The van der Waals surface area contributed by atoms with Gasteiger partial charge in [-0.05, 0) is 24.6 Å². The number of hydrogen-bond acceptors (Lipinski definition) is 4. The molecule has 0 saturated heterocycles. The van der Waals surface area contributed by atoms with Crippen LogP contribution in [0.5, 0.6) is 11.5 Å². The summed E-state index contributed by atoms with van der Waals surface area (Å²) in [6.45, 7) is 3.64. The van der Waals surface area contributed by atoms with Crippen LogP contribution >= 0.6 is 0 Å². The molecule has 0 saturated carbocycles. The highest BCUT2D eigenvalue weighted by Crippen LogP contribution is 2.33. The minimum absolute atomic E-state index is 0.0668. The van der Waals surface area contributed by atoms with E-state index in [-0.39, 0.29) is 18.5 Å². The SMILES string of the molecule is CCCC(C(=O)c1ccc2c(c1)OCO2)N(C)C(C)=O. The maximum atomic E-state index is 12.6. The zero-order valence-corrected chi connectivity index (χ0v) is 12.0. The van der Waals surface area contributed by atoms with Crippen LogP contribution in [0.2, 0.25) is 0 Å². The summed E-state index contributed by atoms with van der Waals surface area (Å²) < 4.78 is 10.5. The average Bonchev–Trinajstić information content (AvgIpc) is 2.90. The van der Waals surface area contributed by atoms with Crippen LogP contribution in [0.15, 0.2) is 18.2 Å². The molecule has 0 radical (unpaired) electrons. The molecule has 1 aromatic rings. The third kappa shape index (κ3) is 2.76. The van der Waals surface area contributed by atoms with Crippen LogP contribution in [-0.4, -0.2) is 36.5 Å². The minimum atomic E-state index is -0.433. The van der Waals surface area contributed by atoms with Crippen molar-refractivity contribution in [2.45, 2.75) is 32.7 Å². The fraction of sp³-hybridized carbons (Fsp3) is 0.467. The van der Waals surface area contributed by atoms with Crippen molar-refractivity contribution >= 4 is 11.7 Å². The highest BCUT2D eigenvalue weighted by Gasteiger charge is 2.26. The van der Waals surface area contributed by atoms with Crippen LogP contribution in [0.1, 0.15) is 37.0 Å². The molecule has 0 aliphatic carbocycles. The third-order valence-electron chi connectivity index (χ3n) is 3.49. The molecule has 0 spiro atoms. The van der Waals surface area contributed by atoms with Crippen LogP contribution in [0.25, 0.3) is 0 Å². The molecule has 1 aromatic carbocycles. The maximum Gasteiger partial charge on any atom is 0.231 e. The molecule has 0 fully saturated rings. The summed E-state index contributed by atoms with van der Waals surface area (Å²) in [5.41, 5.74) is 0.542. The topological polar surface area (TPSA) is 55.8 Å². The molecule has 1 aliphatic heterocycles. The summed E-state index contributed by atoms with van der Waals surface area (Å²) in [5, 5.41) is 0. The molecule has 1 unspecified atom stereocenters. The van der Waals surface area contributed by atoms with Crippen LogP contribution in [0, 0.1) is 0 Å². The molecule has 0 N–H and O–H groups in total. The number of ether oxygens (including phenoxy) is 2.